The van der Waals surface area contributed by atoms with Crippen LogP contribution < -0.4 is 5.32 Å². The van der Waals surface area contributed by atoms with E-state index >= 15 is 0 Å². The van der Waals surface area contributed by atoms with Gasteiger partial charge in [0.15, 0.2) is 0 Å². The minimum Gasteiger partial charge on any atom is -0.444 e. The van der Waals surface area contributed by atoms with Crippen molar-refractivity contribution in [1.82, 2.24) is 5.32 Å². The number of amidine groups is 1. The number of hydrogen-bond donors (Lipinski definition) is 2. The maximum atomic E-state index is 11.8. The lowest BCUT2D eigenvalue weighted by atomic mass is 10.0. The fourth-order valence-electron chi connectivity index (χ4n) is 2.08. The maximum Gasteiger partial charge on any atom is 0.413 e. The van der Waals surface area contributed by atoms with E-state index in [1.54, 1.807) is 12.1 Å². The normalized spacial score (nSPS) is 10.4. The Hall–Kier alpha value is -2.62. The molecule has 0 aliphatic heterocycles. The van der Waals surface area contributed by atoms with Gasteiger partial charge in [0.05, 0.1) is 0 Å². The molecule has 0 heterocycles. The van der Waals surface area contributed by atoms with Gasteiger partial charge in [-0.25, -0.2) is 4.79 Å². The maximum absolute atomic E-state index is 11.8. The molecule has 0 saturated carbocycles. The molecular formula is C19H22N2O2. The molecule has 0 unspecified atom stereocenters. The van der Waals surface area contributed by atoms with Gasteiger partial charge < -0.3 is 4.74 Å². The van der Waals surface area contributed by atoms with E-state index in [0.29, 0.717) is 11.5 Å². The van der Waals surface area contributed by atoms with E-state index < -0.39 is 6.09 Å². The lowest BCUT2D eigenvalue weighted by Gasteiger charge is -2.10. The van der Waals surface area contributed by atoms with Gasteiger partial charge in [-0.3, -0.25) is 10.7 Å². The molecule has 2 N–H and O–H groups in total. The molecule has 0 spiro atoms. The number of benzene rings is 2. The molecule has 0 aromatic heterocycles. The third-order valence-electron chi connectivity index (χ3n) is 3.58. The topological polar surface area (TPSA) is 62.2 Å². The second-order valence-corrected chi connectivity index (χ2v) is 5.84. The van der Waals surface area contributed by atoms with E-state index in [2.05, 4.69) is 19.2 Å². The van der Waals surface area contributed by atoms with Crippen LogP contribution in [-0.2, 0) is 11.3 Å². The lowest BCUT2D eigenvalue weighted by molar-refractivity contribution is 0.145. The van der Waals surface area contributed by atoms with E-state index in [0.717, 1.165) is 11.1 Å². The summed E-state index contributed by atoms with van der Waals surface area (Å²) in [6.07, 6.45) is -0.622. The number of hydrogen-bond acceptors (Lipinski definition) is 3. The van der Waals surface area contributed by atoms with Crippen LogP contribution >= 0.6 is 0 Å². The van der Waals surface area contributed by atoms with Crippen molar-refractivity contribution in [3.8, 4) is 0 Å². The molecule has 0 fully saturated rings. The predicted molar refractivity (Wildman–Crippen MR) is 91.9 cm³/mol. The van der Waals surface area contributed by atoms with Crippen LogP contribution in [0.3, 0.4) is 0 Å². The van der Waals surface area contributed by atoms with Gasteiger partial charge in [0.2, 0.25) is 0 Å². The summed E-state index contributed by atoms with van der Waals surface area (Å²) in [7, 11) is 0. The van der Waals surface area contributed by atoms with E-state index in [1.165, 1.54) is 5.56 Å². The van der Waals surface area contributed by atoms with Crippen molar-refractivity contribution in [3.63, 3.8) is 0 Å². The van der Waals surface area contributed by atoms with Crippen LogP contribution in [0.15, 0.2) is 48.5 Å². The average Bonchev–Trinajstić information content (AvgIpc) is 2.54. The zero-order chi connectivity index (χ0) is 16.8. The number of carbonyl (C=O) groups excluding carboxylic acids is 1. The fraction of sp³-hybridized carbons (Fsp3) is 0.263. The number of alkyl carbamates (subject to hydrolysis) is 1. The highest BCUT2D eigenvalue weighted by Crippen LogP contribution is 2.15. The molecule has 23 heavy (non-hydrogen) atoms. The Morgan fingerprint density at radius 1 is 1.09 bits per heavy atom. The van der Waals surface area contributed by atoms with E-state index in [9.17, 15) is 4.79 Å². The summed E-state index contributed by atoms with van der Waals surface area (Å²) in [5, 5.41) is 10.3. The van der Waals surface area contributed by atoms with Crippen molar-refractivity contribution < 1.29 is 9.53 Å². The first-order valence-corrected chi connectivity index (χ1v) is 7.64. The molecule has 0 bridgehead atoms. The minimum absolute atomic E-state index is 0.0326. The van der Waals surface area contributed by atoms with E-state index in [4.69, 9.17) is 10.1 Å². The highest BCUT2D eigenvalue weighted by Gasteiger charge is 2.08. The van der Waals surface area contributed by atoms with E-state index in [-0.39, 0.29) is 12.4 Å². The monoisotopic (exact) mass is 310 g/mol. The highest BCUT2D eigenvalue weighted by atomic mass is 16.5. The molecule has 4 nitrogen and oxygen atoms in total. The molecule has 4 heteroatoms. The van der Waals surface area contributed by atoms with Crippen LogP contribution in [0.4, 0.5) is 4.79 Å². The van der Waals surface area contributed by atoms with Crippen LogP contribution in [0.1, 0.15) is 42.0 Å². The molecule has 0 aliphatic rings. The van der Waals surface area contributed by atoms with Gasteiger partial charge in [0, 0.05) is 5.56 Å². The third-order valence-corrected chi connectivity index (χ3v) is 3.58. The van der Waals surface area contributed by atoms with Gasteiger partial charge in [-0.05, 0) is 24.0 Å². The number of ether oxygens (including phenoxy) is 1. The number of aryl methyl sites for hydroxylation is 1. The summed E-state index contributed by atoms with van der Waals surface area (Å²) in [6.45, 7) is 6.43. The molecule has 2 rings (SSSR count). The van der Waals surface area contributed by atoms with Gasteiger partial charge in [-0.15, -0.1) is 0 Å². The second kappa shape index (κ2) is 7.58. The molecule has 0 radical (unpaired) electrons. The number of amides is 1. The summed E-state index contributed by atoms with van der Waals surface area (Å²) in [4.78, 5) is 11.8. The van der Waals surface area contributed by atoms with Crippen molar-refractivity contribution in [1.29, 1.82) is 5.41 Å². The molecule has 0 atom stereocenters. The van der Waals surface area contributed by atoms with Crippen molar-refractivity contribution in [2.75, 3.05) is 0 Å². The summed E-state index contributed by atoms with van der Waals surface area (Å²) in [6, 6.07) is 15.4. The zero-order valence-corrected chi connectivity index (χ0v) is 13.7. The summed E-state index contributed by atoms with van der Waals surface area (Å²) < 4.78 is 5.15. The molecule has 0 saturated heterocycles. The van der Waals surface area contributed by atoms with Crippen LogP contribution in [0, 0.1) is 12.3 Å². The van der Waals surface area contributed by atoms with Gasteiger partial charge in [0.25, 0.3) is 0 Å². The van der Waals surface area contributed by atoms with Crippen molar-refractivity contribution in [3.05, 3.63) is 70.8 Å². The number of carbonyl (C=O) groups is 1. The second-order valence-electron chi connectivity index (χ2n) is 5.84. The Kier molecular flexibility index (Phi) is 5.52. The minimum atomic E-state index is -0.622. The first kappa shape index (κ1) is 16.7. The van der Waals surface area contributed by atoms with Gasteiger partial charge in [-0.1, -0.05) is 67.9 Å². The predicted octanol–water partition coefficient (Wildman–Crippen LogP) is 4.37. The Balaban J connectivity index is 1.85. The molecule has 2 aromatic carbocycles. The summed E-state index contributed by atoms with van der Waals surface area (Å²) in [5.74, 6) is 0.508. The Morgan fingerprint density at radius 2 is 1.70 bits per heavy atom. The average molecular weight is 310 g/mol. The summed E-state index contributed by atoms with van der Waals surface area (Å²) in [5.41, 5.74) is 3.92. The van der Waals surface area contributed by atoms with Crippen molar-refractivity contribution in [2.45, 2.75) is 33.3 Å². The van der Waals surface area contributed by atoms with E-state index in [1.807, 2.05) is 43.3 Å². The molecule has 1 amide bonds. The summed E-state index contributed by atoms with van der Waals surface area (Å²) >= 11 is 0. The molecular weight excluding hydrogens is 288 g/mol. The van der Waals surface area contributed by atoms with Crippen LogP contribution in [-0.4, -0.2) is 11.9 Å². The first-order valence-electron chi connectivity index (χ1n) is 7.64. The third kappa shape index (κ3) is 4.95. The van der Waals surface area contributed by atoms with Gasteiger partial charge in [-0.2, -0.15) is 0 Å². The molecule has 120 valence electrons. The lowest BCUT2D eigenvalue weighted by Crippen LogP contribution is -2.30. The van der Waals surface area contributed by atoms with Crippen LogP contribution in [0.25, 0.3) is 0 Å². The molecule has 0 aliphatic carbocycles. The molecule has 2 aromatic rings. The van der Waals surface area contributed by atoms with Crippen LogP contribution in [0.5, 0.6) is 0 Å². The Labute approximate surface area is 137 Å². The smallest absolute Gasteiger partial charge is 0.413 e. The zero-order valence-electron chi connectivity index (χ0n) is 13.7. The number of nitrogens with one attached hydrogen (secondary N) is 2. The largest absolute Gasteiger partial charge is 0.444 e. The fourth-order valence-corrected chi connectivity index (χ4v) is 2.08. The van der Waals surface area contributed by atoms with Gasteiger partial charge >= 0.3 is 6.09 Å². The Bertz CT molecular complexity index is 674. The SMILES string of the molecule is Cc1ccc(C(=N)NC(=O)OCc2ccc(C(C)C)cc2)cc1. The standard InChI is InChI=1S/C19H22N2O2/c1-13(2)16-10-6-15(7-11-16)12-23-19(22)21-18(20)17-8-4-14(3)5-9-17/h4-11,13H,12H2,1-3H3,(H2,20,21,22). The number of rotatable bonds is 4. The van der Waals surface area contributed by atoms with Crippen molar-refractivity contribution >= 4 is 11.9 Å². The van der Waals surface area contributed by atoms with Crippen LogP contribution in [0.2, 0.25) is 0 Å². The van der Waals surface area contributed by atoms with Gasteiger partial charge in [0.1, 0.15) is 12.4 Å². The first-order chi connectivity index (χ1) is 11.0. The quantitative estimate of drug-likeness (QED) is 0.650. The Morgan fingerprint density at radius 3 is 2.26 bits per heavy atom. The highest BCUT2D eigenvalue weighted by molar-refractivity contribution is 6.04. The van der Waals surface area contributed by atoms with Crippen molar-refractivity contribution in [2.24, 2.45) is 0 Å².